The summed E-state index contributed by atoms with van der Waals surface area (Å²) in [4.78, 5) is 2.42. The van der Waals surface area contributed by atoms with Gasteiger partial charge in [0.1, 0.15) is 0 Å². The van der Waals surface area contributed by atoms with E-state index in [2.05, 4.69) is 224 Å². The molecule has 11 aromatic rings. The molecule has 0 amide bonds. The second kappa shape index (κ2) is 15.6. The number of anilines is 3. The lowest BCUT2D eigenvalue weighted by Crippen LogP contribution is -2.33. The summed E-state index contributed by atoms with van der Waals surface area (Å²) in [6, 6.07) is 75.0. The summed E-state index contributed by atoms with van der Waals surface area (Å²) in [6.45, 7) is 5.01. The van der Waals surface area contributed by atoms with Crippen LogP contribution in [0, 0.1) is 17.8 Å². The third kappa shape index (κ3) is 6.50. The molecule has 320 valence electrons. The van der Waals surface area contributed by atoms with Gasteiger partial charge in [-0.25, -0.2) is 0 Å². The van der Waals surface area contributed by atoms with Crippen LogP contribution in [-0.4, -0.2) is 4.57 Å². The molecular weight excluding hydrogens is 817 g/mol. The first-order chi connectivity index (χ1) is 32.5. The molecule has 2 nitrogen and oxygen atoms in total. The third-order valence-corrected chi connectivity index (χ3v) is 16.8. The highest BCUT2D eigenvalue weighted by Gasteiger charge is 2.44. The van der Waals surface area contributed by atoms with Crippen LogP contribution in [0.3, 0.4) is 0 Å². The van der Waals surface area contributed by atoms with Crippen molar-refractivity contribution in [1.29, 1.82) is 0 Å². The number of rotatable bonds is 7. The van der Waals surface area contributed by atoms with Crippen molar-refractivity contribution in [3.05, 3.63) is 206 Å². The van der Waals surface area contributed by atoms with Gasteiger partial charge in [-0.3, -0.25) is 0 Å². The average Bonchev–Trinajstić information content (AvgIpc) is 3.81. The van der Waals surface area contributed by atoms with Gasteiger partial charge in [-0.05, 0) is 161 Å². The van der Waals surface area contributed by atoms with E-state index in [-0.39, 0.29) is 0 Å². The summed E-state index contributed by atoms with van der Waals surface area (Å²) in [5.74, 6) is 2.54. The lowest BCUT2D eigenvalue weighted by atomic mass is 9.63. The first-order valence-electron chi connectivity index (χ1n) is 24.0. The maximum atomic E-state index is 2.51. The molecule has 0 N–H and O–H groups in total. The highest BCUT2D eigenvalue weighted by molar-refractivity contribution is 7.25. The fourth-order valence-electron chi connectivity index (χ4n) is 12.6. The van der Waals surface area contributed by atoms with Crippen LogP contribution >= 0.6 is 11.3 Å². The molecule has 2 bridgehead atoms. The molecule has 2 heterocycles. The van der Waals surface area contributed by atoms with Crippen molar-refractivity contribution in [3.63, 3.8) is 0 Å². The molecule has 9 aromatic carbocycles. The standard InChI is InChI=1S/C63H52N2S/c1-41-36-47-34-35-63(39-41,40-42(47)2)49-25-18-43(19-26-49)44-20-27-50(28-21-44)64(53-31-32-56-55-14-6-8-17-60(55)66-61(56)38-53)51-29-22-45(23-30-51)48-11-9-12-52(37-48)65-58-16-7-5-15-57(58)62-54-13-4-3-10-46(54)24-33-59(62)65/h3-33,37-38,41-42,47H,34-36,39-40H2,1-2H3/t41-,42+,47?,63?/m0/s1. The van der Waals surface area contributed by atoms with Gasteiger partial charge in [-0.2, -0.15) is 0 Å². The van der Waals surface area contributed by atoms with Crippen molar-refractivity contribution in [2.24, 2.45) is 17.8 Å². The summed E-state index contributed by atoms with van der Waals surface area (Å²) < 4.78 is 5.05. The Morgan fingerprint density at radius 3 is 1.92 bits per heavy atom. The van der Waals surface area contributed by atoms with Gasteiger partial charge in [0.2, 0.25) is 0 Å². The van der Waals surface area contributed by atoms with Crippen LogP contribution in [0.2, 0.25) is 0 Å². The molecule has 3 aliphatic carbocycles. The zero-order chi connectivity index (χ0) is 43.9. The van der Waals surface area contributed by atoms with E-state index in [0.717, 1.165) is 40.5 Å². The molecule has 3 saturated carbocycles. The number of aromatic nitrogens is 1. The molecule has 3 fully saturated rings. The second-order valence-electron chi connectivity index (χ2n) is 19.7. The van der Waals surface area contributed by atoms with Crippen LogP contribution in [0.5, 0.6) is 0 Å². The van der Waals surface area contributed by atoms with E-state index in [1.165, 1.54) is 107 Å². The Balaban J connectivity index is 0.857. The molecule has 4 atom stereocenters. The molecule has 0 radical (unpaired) electrons. The van der Waals surface area contributed by atoms with E-state index in [4.69, 9.17) is 0 Å². The van der Waals surface area contributed by atoms with Crippen molar-refractivity contribution in [1.82, 2.24) is 4.57 Å². The van der Waals surface area contributed by atoms with Gasteiger partial charge >= 0.3 is 0 Å². The van der Waals surface area contributed by atoms with Gasteiger partial charge in [0.15, 0.2) is 0 Å². The topological polar surface area (TPSA) is 8.17 Å². The number of fused-ring (bicyclic) bond motifs is 12. The van der Waals surface area contributed by atoms with E-state index >= 15 is 0 Å². The molecule has 2 aromatic heterocycles. The summed E-state index contributed by atoms with van der Waals surface area (Å²) in [5.41, 5.74) is 13.8. The van der Waals surface area contributed by atoms with Gasteiger partial charge in [0, 0.05) is 53.7 Å². The zero-order valence-electron chi connectivity index (χ0n) is 37.6. The van der Waals surface area contributed by atoms with Crippen molar-refractivity contribution in [2.75, 3.05) is 4.90 Å². The van der Waals surface area contributed by atoms with E-state index in [1.807, 2.05) is 11.3 Å². The Bertz CT molecular complexity index is 3610. The van der Waals surface area contributed by atoms with Crippen molar-refractivity contribution >= 4 is 81.1 Å². The highest BCUT2D eigenvalue weighted by Crippen LogP contribution is 2.54. The van der Waals surface area contributed by atoms with Crippen LogP contribution in [-0.2, 0) is 5.41 Å². The van der Waals surface area contributed by atoms with E-state index < -0.39 is 0 Å². The zero-order valence-corrected chi connectivity index (χ0v) is 38.4. The number of para-hydroxylation sites is 1. The number of nitrogens with zero attached hydrogens (tertiary/aromatic N) is 2. The Labute approximate surface area is 391 Å². The number of thiophene rings is 1. The van der Waals surface area contributed by atoms with E-state index in [0.29, 0.717) is 5.41 Å². The minimum atomic E-state index is 0.338. The van der Waals surface area contributed by atoms with Gasteiger partial charge in [-0.1, -0.05) is 147 Å². The molecule has 0 saturated heterocycles. The second-order valence-corrected chi connectivity index (χ2v) is 20.8. The molecule has 3 heteroatoms. The minimum absolute atomic E-state index is 0.338. The Kier molecular flexibility index (Phi) is 9.32. The Morgan fingerprint density at radius 2 is 1.15 bits per heavy atom. The summed E-state index contributed by atoms with van der Waals surface area (Å²) in [6.07, 6.45) is 6.81. The number of hydrogen-bond acceptors (Lipinski definition) is 2. The van der Waals surface area contributed by atoms with Gasteiger partial charge in [0.05, 0.1) is 11.0 Å². The Hall–Kier alpha value is -6.94. The van der Waals surface area contributed by atoms with Crippen molar-refractivity contribution in [3.8, 4) is 27.9 Å². The maximum Gasteiger partial charge on any atom is 0.0547 e. The van der Waals surface area contributed by atoms with Gasteiger partial charge < -0.3 is 9.47 Å². The quantitative estimate of drug-likeness (QED) is 0.155. The first kappa shape index (κ1) is 39.4. The molecule has 66 heavy (non-hydrogen) atoms. The van der Waals surface area contributed by atoms with Gasteiger partial charge in [-0.15, -0.1) is 11.3 Å². The van der Waals surface area contributed by atoms with Crippen LogP contribution in [0.25, 0.3) is 80.7 Å². The van der Waals surface area contributed by atoms with Crippen molar-refractivity contribution in [2.45, 2.75) is 51.4 Å². The average molecular weight is 869 g/mol. The molecule has 0 spiro atoms. The van der Waals surface area contributed by atoms with Crippen molar-refractivity contribution < 1.29 is 0 Å². The summed E-state index contributed by atoms with van der Waals surface area (Å²) in [7, 11) is 0. The third-order valence-electron chi connectivity index (χ3n) is 15.7. The molecule has 2 unspecified atom stereocenters. The van der Waals surface area contributed by atoms with E-state index in [9.17, 15) is 0 Å². The summed E-state index contributed by atoms with van der Waals surface area (Å²) >= 11 is 1.87. The molecular formula is C63H52N2S. The smallest absolute Gasteiger partial charge is 0.0547 e. The molecule has 3 aliphatic rings. The number of hydrogen-bond donors (Lipinski definition) is 0. The fraction of sp³-hybridized carbons (Fsp3) is 0.175. The van der Waals surface area contributed by atoms with Crippen LogP contribution in [0.15, 0.2) is 200 Å². The minimum Gasteiger partial charge on any atom is -0.310 e. The first-order valence-corrected chi connectivity index (χ1v) is 24.8. The van der Waals surface area contributed by atoms with Gasteiger partial charge in [0.25, 0.3) is 0 Å². The monoisotopic (exact) mass is 868 g/mol. The fourth-order valence-corrected chi connectivity index (χ4v) is 13.7. The Morgan fingerprint density at radius 1 is 0.500 bits per heavy atom. The highest BCUT2D eigenvalue weighted by atomic mass is 32.1. The maximum absolute atomic E-state index is 2.51. The molecule has 14 rings (SSSR count). The predicted molar refractivity (Wildman–Crippen MR) is 283 cm³/mol. The largest absolute Gasteiger partial charge is 0.310 e. The van der Waals surface area contributed by atoms with Crippen LogP contribution in [0.1, 0.15) is 51.5 Å². The van der Waals surface area contributed by atoms with Crippen LogP contribution < -0.4 is 4.90 Å². The lowest BCUT2D eigenvalue weighted by molar-refractivity contribution is 0.186. The summed E-state index contributed by atoms with van der Waals surface area (Å²) in [5, 5.41) is 7.77. The van der Waals surface area contributed by atoms with Crippen LogP contribution in [0.4, 0.5) is 17.1 Å². The number of benzene rings is 9. The van der Waals surface area contributed by atoms with E-state index in [1.54, 1.807) is 5.56 Å². The SMILES string of the molecule is C[C@H]1CC2CCC(c3ccc(-c4ccc(N(c5ccc(-c6cccc(-n7c8ccccc8c8c9ccccc9ccc87)c6)cc5)c5ccc6c(c5)sc5ccccc56)cc4)cc3)(C1)C[C@H]2C. The molecule has 0 aliphatic heterocycles. The normalized spacial score (nSPS) is 19.6. The predicted octanol–water partition coefficient (Wildman–Crippen LogP) is 18.2. The lowest BCUT2D eigenvalue weighted by Gasteiger charge is -2.41.